The predicted molar refractivity (Wildman–Crippen MR) is 109 cm³/mol. The number of hydrogen-bond acceptors (Lipinski definition) is 6. The molecule has 0 saturated carbocycles. The van der Waals surface area contributed by atoms with Gasteiger partial charge in [-0.1, -0.05) is 6.07 Å². The summed E-state index contributed by atoms with van der Waals surface area (Å²) >= 11 is 0. The molecular weight excluding hydrogens is 372 g/mol. The van der Waals surface area contributed by atoms with Gasteiger partial charge in [0.05, 0.1) is 5.92 Å². The summed E-state index contributed by atoms with van der Waals surface area (Å²) in [5, 5.41) is 2.39. The molecule has 29 heavy (non-hydrogen) atoms. The number of hydrogen-bond donors (Lipinski definition) is 1. The summed E-state index contributed by atoms with van der Waals surface area (Å²) in [5.74, 6) is 0.0822. The minimum Gasteiger partial charge on any atom is -0.444 e. The monoisotopic (exact) mass is 402 g/mol. The Kier molecular flexibility index (Phi) is 6.10. The summed E-state index contributed by atoms with van der Waals surface area (Å²) in [4.78, 5) is 44.0. The van der Waals surface area contributed by atoms with Gasteiger partial charge in [-0.2, -0.15) is 0 Å². The molecule has 8 nitrogen and oxygen atoms in total. The Balaban J connectivity index is 1.55. The first-order chi connectivity index (χ1) is 13.6. The third kappa shape index (κ3) is 5.25. The summed E-state index contributed by atoms with van der Waals surface area (Å²) in [6.07, 6.45) is 4.00. The molecule has 2 aliphatic rings. The van der Waals surface area contributed by atoms with Crippen LogP contribution in [0.2, 0.25) is 0 Å². The second kappa shape index (κ2) is 8.39. The topological polar surface area (TPSA) is 91.8 Å². The zero-order valence-electron chi connectivity index (χ0n) is 17.6. The molecule has 0 spiro atoms. The first-order valence-corrected chi connectivity index (χ1v) is 10.1. The number of pyridine rings is 1. The van der Waals surface area contributed by atoms with Crippen molar-refractivity contribution < 1.29 is 19.1 Å². The Morgan fingerprint density at radius 3 is 2.45 bits per heavy atom. The highest BCUT2D eigenvalue weighted by Gasteiger charge is 2.30. The number of nitrogens with one attached hydrogen (secondary N) is 1. The molecule has 2 saturated heterocycles. The molecule has 1 atom stereocenters. The fourth-order valence-electron chi connectivity index (χ4n) is 3.77. The molecule has 1 aromatic heterocycles. The Hall–Kier alpha value is -2.64. The number of carbonyl (C=O) groups excluding carboxylic acids is 3. The highest BCUT2D eigenvalue weighted by molar-refractivity contribution is 6.00. The Labute approximate surface area is 171 Å². The molecule has 0 aromatic carbocycles. The van der Waals surface area contributed by atoms with E-state index in [1.165, 1.54) is 0 Å². The molecule has 0 radical (unpaired) electrons. The van der Waals surface area contributed by atoms with E-state index in [1.54, 1.807) is 18.1 Å². The molecule has 1 unspecified atom stereocenters. The summed E-state index contributed by atoms with van der Waals surface area (Å²) in [5.41, 5.74) is 0.332. The third-order valence-corrected chi connectivity index (χ3v) is 5.43. The molecule has 1 N–H and O–H groups in total. The van der Waals surface area contributed by atoms with Crippen molar-refractivity contribution in [3.05, 3.63) is 23.9 Å². The van der Waals surface area contributed by atoms with E-state index in [0.717, 1.165) is 37.3 Å². The van der Waals surface area contributed by atoms with Gasteiger partial charge >= 0.3 is 6.09 Å². The van der Waals surface area contributed by atoms with E-state index in [9.17, 15) is 14.4 Å². The van der Waals surface area contributed by atoms with Gasteiger partial charge in [-0.15, -0.1) is 0 Å². The summed E-state index contributed by atoms with van der Waals surface area (Å²) in [6, 6.07) is 3.99. The summed E-state index contributed by atoms with van der Waals surface area (Å²) in [7, 11) is 1.79. The number of carbonyl (C=O) groups is 3. The normalized spacial score (nSPS) is 21.0. The quantitative estimate of drug-likeness (QED) is 0.781. The van der Waals surface area contributed by atoms with Crippen LogP contribution in [0.1, 0.15) is 57.9 Å². The van der Waals surface area contributed by atoms with Crippen molar-refractivity contribution in [1.82, 2.24) is 15.2 Å². The molecule has 2 fully saturated rings. The molecule has 3 amide bonds. The molecule has 3 heterocycles. The number of nitrogens with zero attached hydrogens (tertiary/aromatic N) is 3. The molecule has 158 valence electrons. The summed E-state index contributed by atoms with van der Waals surface area (Å²) < 4.78 is 5.46. The second-order valence-corrected chi connectivity index (χ2v) is 8.76. The van der Waals surface area contributed by atoms with E-state index in [2.05, 4.69) is 15.2 Å². The summed E-state index contributed by atoms with van der Waals surface area (Å²) in [6.45, 7) is 7.19. The van der Waals surface area contributed by atoms with E-state index in [1.807, 2.05) is 32.9 Å². The van der Waals surface area contributed by atoms with Crippen LogP contribution < -0.4 is 10.2 Å². The van der Waals surface area contributed by atoms with Crippen molar-refractivity contribution in [2.75, 3.05) is 25.0 Å². The lowest BCUT2D eigenvalue weighted by Crippen LogP contribution is -2.47. The van der Waals surface area contributed by atoms with Crippen LogP contribution in [0, 0.1) is 0 Å². The smallest absolute Gasteiger partial charge is 0.410 e. The minimum absolute atomic E-state index is 0.142. The van der Waals surface area contributed by atoms with Gasteiger partial charge in [0, 0.05) is 38.8 Å². The Morgan fingerprint density at radius 2 is 1.90 bits per heavy atom. The zero-order chi connectivity index (χ0) is 21.2. The van der Waals surface area contributed by atoms with Crippen LogP contribution in [-0.2, 0) is 14.3 Å². The van der Waals surface area contributed by atoms with Crippen LogP contribution in [0.3, 0.4) is 0 Å². The maximum absolute atomic E-state index is 12.3. The van der Waals surface area contributed by atoms with Gasteiger partial charge in [0.25, 0.3) is 0 Å². The Morgan fingerprint density at radius 1 is 1.21 bits per heavy atom. The molecule has 2 aliphatic heterocycles. The molecular formula is C21H30N4O4. The molecule has 8 heteroatoms. The Bertz CT molecular complexity index is 764. The van der Waals surface area contributed by atoms with E-state index >= 15 is 0 Å². The van der Waals surface area contributed by atoms with Crippen LogP contribution in [0.15, 0.2) is 18.3 Å². The second-order valence-electron chi connectivity index (χ2n) is 8.76. The van der Waals surface area contributed by atoms with Gasteiger partial charge in [-0.05, 0) is 51.7 Å². The number of ether oxygens (including phenoxy) is 1. The minimum atomic E-state index is -0.500. The van der Waals surface area contributed by atoms with Crippen molar-refractivity contribution in [3.63, 3.8) is 0 Å². The van der Waals surface area contributed by atoms with Gasteiger partial charge < -0.3 is 14.5 Å². The number of aromatic nitrogens is 1. The average Bonchev–Trinajstić information content (AvgIpc) is 2.66. The maximum atomic E-state index is 12.3. The lowest BCUT2D eigenvalue weighted by Gasteiger charge is -2.37. The molecule has 0 aliphatic carbocycles. The van der Waals surface area contributed by atoms with Gasteiger partial charge in [-0.25, -0.2) is 9.78 Å². The van der Waals surface area contributed by atoms with Crippen molar-refractivity contribution >= 4 is 23.7 Å². The highest BCUT2D eigenvalue weighted by Crippen LogP contribution is 2.27. The van der Waals surface area contributed by atoms with Crippen LogP contribution in [-0.4, -0.2) is 59.6 Å². The lowest BCUT2D eigenvalue weighted by atomic mass is 9.91. The van der Waals surface area contributed by atoms with Crippen LogP contribution in [0.25, 0.3) is 0 Å². The van der Waals surface area contributed by atoms with Gasteiger partial charge in [0.2, 0.25) is 11.8 Å². The van der Waals surface area contributed by atoms with Crippen LogP contribution >= 0.6 is 0 Å². The van der Waals surface area contributed by atoms with E-state index in [-0.39, 0.29) is 29.9 Å². The molecule has 1 aromatic rings. The molecule has 0 bridgehead atoms. The largest absolute Gasteiger partial charge is 0.444 e. The van der Waals surface area contributed by atoms with E-state index in [0.29, 0.717) is 12.8 Å². The average molecular weight is 402 g/mol. The number of anilines is 1. The van der Waals surface area contributed by atoms with Gasteiger partial charge in [-0.3, -0.25) is 14.9 Å². The van der Waals surface area contributed by atoms with Gasteiger partial charge in [0.1, 0.15) is 11.4 Å². The van der Waals surface area contributed by atoms with Crippen molar-refractivity contribution in [3.8, 4) is 0 Å². The number of rotatable bonds is 3. The first kappa shape index (κ1) is 21.1. The van der Waals surface area contributed by atoms with Crippen molar-refractivity contribution in [2.45, 2.75) is 64.0 Å². The lowest BCUT2D eigenvalue weighted by molar-refractivity contribution is -0.134. The zero-order valence-corrected chi connectivity index (χ0v) is 17.6. The van der Waals surface area contributed by atoms with E-state index in [4.69, 9.17) is 4.74 Å². The van der Waals surface area contributed by atoms with E-state index < -0.39 is 5.60 Å². The van der Waals surface area contributed by atoms with Crippen molar-refractivity contribution in [1.29, 1.82) is 0 Å². The predicted octanol–water partition coefficient (Wildman–Crippen LogP) is 2.44. The fourth-order valence-corrected chi connectivity index (χ4v) is 3.77. The third-order valence-electron chi connectivity index (χ3n) is 5.43. The number of amides is 3. The maximum Gasteiger partial charge on any atom is 0.410 e. The van der Waals surface area contributed by atoms with Gasteiger partial charge in [0.15, 0.2) is 0 Å². The highest BCUT2D eigenvalue weighted by atomic mass is 16.6. The van der Waals surface area contributed by atoms with Crippen molar-refractivity contribution in [2.24, 2.45) is 0 Å². The molecule has 3 rings (SSSR count). The van der Waals surface area contributed by atoms with Crippen LogP contribution in [0.5, 0.6) is 0 Å². The standard InChI is InChI=1S/C21H30N4O4/c1-21(2,3)29-20(28)24(4)15-9-11-25(12-10-15)17-7-5-14(13-22-17)16-6-8-18(26)23-19(16)27/h5,7,13,15-16H,6,8-12H2,1-4H3,(H,23,26,27). The number of imide groups is 1. The van der Waals surface area contributed by atoms with Crippen LogP contribution in [0.4, 0.5) is 10.6 Å². The SMILES string of the molecule is CN(C(=O)OC(C)(C)C)C1CCN(c2ccc(C3CCC(=O)NC3=O)cn2)CC1. The fraction of sp³-hybridized carbons (Fsp3) is 0.619. The number of piperidine rings is 2. The first-order valence-electron chi connectivity index (χ1n) is 10.1.